The van der Waals surface area contributed by atoms with Gasteiger partial charge in [-0.2, -0.15) is 14.4 Å². The molecule has 2 saturated heterocycles. The van der Waals surface area contributed by atoms with Crippen molar-refractivity contribution in [3.05, 3.63) is 167 Å². The number of benzene rings is 4. The Labute approximate surface area is 361 Å². The minimum atomic E-state index is -0.987. The van der Waals surface area contributed by atoms with Crippen molar-refractivity contribution >= 4 is 51.9 Å². The van der Waals surface area contributed by atoms with E-state index in [4.69, 9.17) is 24.1 Å². The minimum absolute atomic E-state index is 0.00440. The summed E-state index contributed by atoms with van der Waals surface area (Å²) < 4.78 is 15.5. The molecule has 0 radical (unpaired) electrons. The number of rotatable bonds is 15. The number of hydrogen-bond donors (Lipinski definition) is 2. The number of carbonyl (C=O) groups excluding carboxylic acids is 3. The Kier molecular flexibility index (Phi) is 12.6. The first-order valence-electron chi connectivity index (χ1n) is 19.5. The summed E-state index contributed by atoms with van der Waals surface area (Å²) >= 11 is 2.48. The standard InChI is InChI=1S/C45H43N7O7S2/c1-51-26-25-35(59-51)24-21-30-28-60-42-37(41(54)52(42)38(30)43(55)58-27-29-19-22-34(56-2)23-20-29)46-40(53)36(49-57-3)39-47-44(61-50-39)48-45(31-13-7-4-8-14-31,32-15-9-5-10-16-32)33-17-11-6-12-18-33/h4-24,35,37,42H,25-28H2,1-3H3,(H,46,53)(H,47,48,50)/b24-21+,49-36-/t35?,37-,42+/m1/s1. The van der Waals surface area contributed by atoms with Crippen LogP contribution >= 0.6 is 23.3 Å². The van der Waals surface area contributed by atoms with Crippen molar-refractivity contribution in [1.29, 1.82) is 0 Å². The number of fused-ring (bicyclic) bond motifs is 1. The number of ether oxygens (including phenoxy) is 2. The summed E-state index contributed by atoms with van der Waals surface area (Å²) in [6.07, 6.45) is 4.33. The highest BCUT2D eigenvalue weighted by Crippen LogP contribution is 2.42. The maximum absolute atomic E-state index is 14.0. The molecule has 312 valence electrons. The zero-order chi connectivity index (χ0) is 42.3. The highest BCUT2D eigenvalue weighted by Gasteiger charge is 2.54. The molecule has 14 nitrogen and oxygen atoms in total. The molecule has 1 aromatic heterocycles. The van der Waals surface area contributed by atoms with Gasteiger partial charge in [-0.05, 0) is 46.4 Å². The van der Waals surface area contributed by atoms with Crippen LogP contribution in [-0.2, 0) is 40.9 Å². The maximum atomic E-state index is 14.0. The molecule has 3 aliphatic rings. The van der Waals surface area contributed by atoms with Crippen LogP contribution in [0.5, 0.6) is 5.75 Å². The molecular formula is C45H43N7O7S2. The van der Waals surface area contributed by atoms with E-state index >= 15 is 0 Å². The predicted molar refractivity (Wildman–Crippen MR) is 232 cm³/mol. The van der Waals surface area contributed by atoms with Gasteiger partial charge in [0.1, 0.15) is 42.1 Å². The van der Waals surface area contributed by atoms with Gasteiger partial charge >= 0.3 is 5.97 Å². The van der Waals surface area contributed by atoms with Gasteiger partial charge in [-0.15, -0.1) is 11.8 Å². The summed E-state index contributed by atoms with van der Waals surface area (Å²) in [6, 6.07) is 36.2. The molecule has 8 rings (SSSR count). The molecule has 0 aliphatic carbocycles. The maximum Gasteiger partial charge on any atom is 0.355 e. The van der Waals surface area contributed by atoms with Gasteiger partial charge in [0, 0.05) is 30.9 Å². The second-order valence-corrected chi connectivity index (χ2v) is 16.2. The number of anilines is 1. The molecule has 16 heteroatoms. The molecule has 0 spiro atoms. The summed E-state index contributed by atoms with van der Waals surface area (Å²) in [6.45, 7) is 0.753. The molecule has 3 aliphatic heterocycles. The van der Waals surface area contributed by atoms with E-state index in [-0.39, 0.29) is 29.9 Å². The molecule has 4 heterocycles. The van der Waals surface area contributed by atoms with Crippen molar-refractivity contribution < 1.29 is 33.5 Å². The van der Waals surface area contributed by atoms with Gasteiger partial charge in [0.15, 0.2) is 0 Å². The van der Waals surface area contributed by atoms with Gasteiger partial charge in [0.2, 0.25) is 16.7 Å². The number of amides is 2. The normalized spacial score (nSPS) is 19.3. The second-order valence-electron chi connectivity index (χ2n) is 14.3. The van der Waals surface area contributed by atoms with Gasteiger partial charge in [-0.25, -0.2) is 4.79 Å². The van der Waals surface area contributed by atoms with E-state index in [1.54, 1.807) is 36.4 Å². The summed E-state index contributed by atoms with van der Waals surface area (Å²) in [5, 5.41) is 12.1. The molecule has 4 aromatic carbocycles. The number of esters is 1. The van der Waals surface area contributed by atoms with Crippen LogP contribution in [0.3, 0.4) is 0 Å². The Morgan fingerprint density at radius 1 is 0.934 bits per heavy atom. The Bertz CT molecular complexity index is 2350. The monoisotopic (exact) mass is 857 g/mol. The largest absolute Gasteiger partial charge is 0.497 e. The van der Waals surface area contributed by atoms with Gasteiger partial charge in [-0.3, -0.25) is 19.3 Å². The third-order valence-electron chi connectivity index (χ3n) is 10.5. The van der Waals surface area contributed by atoms with Gasteiger partial charge in [0.25, 0.3) is 11.8 Å². The number of carbonyl (C=O) groups is 3. The van der Waals surface area contributed by atoms with Gasteiger partial charge < -0.3 is 24.9 Å². The first-order valence-corrected chi connectivity index (χ1v) is 21.4. The van der Waals surface area contributed by atoms with Crippen LogP contribution in [0.15, 0.2) is 144 Å². The lowest BCUT2D eigenvalue weighted by molar-refractivity contribution is -0.153. The number of methoxy groups -OCH3 is 1. The Hall–Kier alpha value is -6.33. The van der Waals surface area contributed by atoms with E-state index in [0.29, 0.717) is 22.2 Å². The highest BCUT2D eigenvalue weighted by atomic mass is 32.2. The molecule has 2 N–H and O–H groups in total. The summed E-state index contributed by atoms with van der Waals surface area (Å²) in [5.74, 6) is -0.798. The third kappa shape index (κ3) is 8.65. The van der Waals surface area contributed by atoms with Crippen LogP contribution < -0.4 is 15.4 Å². The van der Waals surface area contributed by atoms with Crippen LogP contribution in [0.2, 0.25) is 0 Å². The van der Waals surface area contributed by atoms with E-state index in [0.717, 1.165) is 46.8 Å². The fraction of sp³-hybridized carbons (Fsp3) is 0.244. The van der Waals surface area contributed by atoms with Crippen LogP contribution in [0, 0.1) is 0 Å². The number of aromatic nitrogens is 2. The van der Waals surface area contributed by atoms with Crippen LogP contribution in [-0.4, -0.2) is 93.9 Å². The summed E-state index contributed by atoms with van der Waals surface area (Å²) in [4.78, 5) is 58.9. The predicted octanol–water partition coefficient (Wildman–Crippen LogP) is 5.89. The molecule has 1 unspecified atom stereocenters. The SMILES string of the molecule is CO/N=C(\C(=O)N[C@@H]1C(=O)N2C(C(=O)OCc3ccc(OC)cc3)=C(/C=C/C3CCN(C)O3)CS[C@@H]12)c1nsc(NC(c2ccccc2)(c2ccccc2)c2ccccc2)n1. The van der Waals surface area contributed by atoms with Crippen molar-refractivity contribution in [1.82, 2.24) is 24.6 Å². The lowest BCUT2D eigenvalue weighted by atomic mass is 9.77. The summed E-state index contributed by atoms with van der Waals surface area (Å²) in [7, 11) is 4.75. The van der Waals surface area contributed by atoms with E-state index in [9.17, 15) is 14.4 Å². The highest BCUT2D eigenvalue weighted by molar-refractivity contribution is 8.00. The third-order valence-corrected chi connectivity index (χ3v) is 12.4. The molecule has 5 aromatic rings. The van der Waals surface area contributed by atoms with E-state index < -0.39 is 34.7 Å². The van der Waals surface area contributed by atoms with Crippen LogP contribution in [0.25, 0.3) is 0 Å². The van der Waals surface area contributed by atoms with Crippen molar-refractivity contribution in [3.8, 4) is 5.75 Å². The topological polar surface area (TPSA) is 157 Å². The van der Waals surface area contributed by atoms with Crippen LogP contribution in [0.1, 0.15) is 34.5 Å². The zero-order valence-corrected chi connectivity index (χ0v) is 35.2. The van der Waals surface area contributed by atoms with E-state index in [1.807, 2.05) is 110 Å². The average Bonchev–Trinajstić information content (AvgIpc) is 3.96. The first-order chi connectivity index (χ1) is 29.8. The fourth-order valence-corrected chi connectivity index (χ4v) is 9.44. The minimum Gasteiger partial charge on any atom is -0.497 e. The number of thioether (sulfide) groups is 1. The Morgan fingerprint density at radius 2 is 1.57 bits per heavy atom. The molecule has 2 amide bonds. The molecule has 0 saturated carbocycles. The number of nitrogens with one attached hydrogen (secondary N) is 2. The smallest absolute Gasteiger partial charge is 0.355 e. The number of hydrogen-bond acceptors (Lipinski definition) is 14. The number of hydroxylamine groups is 2. The molecule has 0 bridgehead atoms. The number of β-lactam (4-membered cyclic amide) rings is 1. The first kappa shape index (κ1) is 41.4. The zero-order valence-electron chi connectivity index (χ0n) is 33.6. The van der Waals surface area contributed by atoms with E-state index in [2.05, 4.69) is 20.2 Å². The Morgan fingerprint density at radius 3 is 2.15 bits per heavy atom. The number of allylic oxidation sites excluding steroid dienone is 1. The number of oxime groups is 1. The molecular weight excluding hydrogens is 815 g/mol. The van der Waals surface area contributed by atoms with Gasteiger partial charge in [-0.1, -0.05) is 120 Å². The lowest BCUT2D eigenvalue weighted by Crippen LogP contribution is -2.71. The van der Waals surface area contributed by atoms with Crippen molar-refractivity contribution in [2.45, 2.75) is 36.1 Å². The molecule has 61 heavy (non-hydrogen) atoms. The average molecular weight is 858 g/mol. The molecule has 3 atom stereocenters. The second kappa shape index (κ2) is 18.5. The molecule has 2 fully saturated rings. The van der Waals surface area contributed by atoms with Crippen LogP contribution in [0.4, 0.5) is 5.13 Å². The summed E-state index contributed by atoms with van der Waals surface area (Å²) in [5.41, 5.74) is 3.26. The lowest BCUT2D eigenvalue weighted by Gasteiger charge is -2.49. The van der Waals surface area contributed by atoms with Crippen molar-refractivity contribution in [3.63, 3.8) is 0 Å². The number of nitrogens with zero attached hydrogens (tertiary/aromatic N) is 5. The van der Waals surface area contributed by atoms with Crippen molar-refractivity contribution in [2.24, 2.45) is 5.16 Å². The van der Waals surface area contributed by atoms with E-state index in [1.165, 1.54) is 23.8 Å². The van der Waals surface area contributed by atoms with Crippen molar-refractivity contribution in [2.75, 3.05) is 38.9 Å². The fourth-order valence-electron chi connectivity index (χ4n) is 7.50. The van der Waals surface area contributed by atoms with Gasteiger partial charge in [0.05, 0.1) is 13.2 Å². The Balaban J connectivity index is 1.03. The quantitative estimate of drug-likeness (QED) is 0.0424.